The van der Waals surface area contributed by atoms with Crippen molar-refractivity contribution < 1.29 is 9.59 Å². The second kappa shape index (κ2) is 4.79. The molecule has 1 aromatic rings. The Morgan fingerprint density at radius 2 is 1.83 bits per heavy atom. The van der Waals surface area contributed by atoms with Crippen LogP contribution in [0.2, 0.25) is 5.02 Å². The summed E-state index contributed by atoms with van der Waals surface area (Å²) < 4.78 is -1.00. The summed E-state index contributed by atoms with van der Waals surface area (Å²) in [5.74, 6) is -0.699. The van der Waals surface area contributed by atoms with Crippen LogP contribution in [0.1, 0.15) is 12.5 Å². The van der Waals surface area contributed by atoms with E-state index >= 15 is 0 Å². The predicted molar refractivity (Wildman–Crippen MR) is 77.5 cm³/mol. The summed E-state index contributed by atoms with van der Waals surface area (Å²) >= 11 is 12.6. The van der Waals surface area contributed by atoms with Crippen molar-refractivity contribution in [3.8, 4) is 0 Å². The molecule has 0 N–H and O–H groups in total. The molecule has 94 valence electrons. The van der Waals surface area contributed by atoms with Crippen LogP contribution in [0.15, 0.2) is 30.3 Å². The third kappa shape index (κ3) is 2.27. The average molecular weight is 393 g/mol. The smallest absolute Gasteiger partial charge is 0.255 e. The van der Waals surface area contributed by atoms with Gasteiger partial charge in [-0.25, -0.2) is 4.90 Å². The third-order valence-electron chi connectivity index (χ3n) is 2.56. The maximum Gasteiger partial charge on any atom is 0.255 e. The molecule has 0 radical (unpaired) electrons. The van der Waals surface area contributed by atoms with Crippen LogP contribution in [0.3, 0.4) is 0 Å². The first-order valence-electron chi connectivity index (χ1n) is 5.04. The van der Waals surface area contributed by atoms with Crippen molar-refractivity contribution in [2.45, 2.75) is 10.3 Å². The molecule has 18 heavy (non-hydrogen) atoms. The summed E-state index contributed by atoms with van der Waals surface area (Å²) in [6.07, 6.45) is 1.42. The number of rotatable bonds is 1. The van der Waals surface area contributed by atoms with E-state index in [1.165, 1.54) is 13.0 Å². The van der Waals surface area contributed by atoms with Gasteiger partial charge in [-0.1, -0.05) is 23.7 Å². The molecule has 1 heterocycles. The number of hydrogen-bond acceptors (Lipinski definition) is 2. The molecule has 0 atom stereocenters. The van der Waals surface area contributed by atoms with Crippen molar-refractivity contribution >= 4 is 60.8 Å². The molecule has 1 aliphatic heterocycles. The lowest BCUT2D eigenvalue weighted by Crippen LogP contribution is -2.41. The minimum atomic E-state index is -1.00. The quantitative estimate of drug-likeness (QED) is 0.541. The van der Waals surface area contributed by atoms with E-state index in [0.29, 0.717) is 10.6 Å². The number of hydrogen-bond donors (Lipinski definition) is 0. The molecule has 3 nitrogen and oxygen atoms in total. The summed E-state index contributed by atoms with van der Waals surface area (Å²) in [4.78, 5) is 24.4. The summed E-state index contributed by atoms with van der Waals surface area (Å²) in [7, 11) is 0. The molecule has 0 fully saturated rings. The summed E-state index contributed by atoms with van der Waals surface area (Å²) in [5, 5.41) is 0.613. The Balaban J connectivity index is 2.47. The van der Waals surface area contributed by atoms with E-state index in [-0.39, 0.29) is 11.8 Å². The van der Waals surface area contributed by atoms with Gasteiger partial charge < -0.3 is 0 Å². The van der Waals surface area contributed by atoms with Gasteiger partial charge in [0.05, 0.1) is 0 Å². The van der Waals surface area contributed by atoms with Crippen LogP contribution in [-0.2, 0) is 9.59 Å². The average Bonchev–Trinajstić information content (AvgIpc) is 2.49. The SMILES string of the molecule is CC(=O)N1C(=O)C=C(c2ccc(Cl)cc2)C1(Br)Br. The second-order valence-electron chi connectivity index (χ2n) is 3.80. The van der Waals surface area contributed by atoms with Gasteiger partial charge in [-0.2, -0.15) is 0 Å². The van der Waals surface area contributed by atoms with Crippen molar-refractivity contribution in [3.63, 3.8) is 0 Å². The second-order valence-corrected chi connectivity index (χ2v) is 7.59. The van der Waals surface area contributed by atoms with E-state index < -0.39 is 3.36 Å². The Hall–Kier alpha value is -0.650. The van der Waals surface area contributed by atoms with Gasteiger partial charge in [0.15, 0.2) is 3.36 Å². The van der Waals surface area contributed by atoms with Crippen molar-refractivity contribution in [1.82, 2.24) is 4.90 Å². The number of benzene rings is 1. The van der Waals surface area contributed by atoms with Crippen LogP contribution in [0.4, 0.5) is 0 Å². The molecule has 0 unspecified atom stereocenters. The standard InChI is InChI=1S/C12H8Br2ClNO2/c1-7(17)16-11(18)6-10(12(16,13)14)8-2-4-9(15)5-3-8/h2-6H,1H3. The minimum Gasteiger partial charge on any atom is -0.275 e. The van der Waals surface area contributed by atoms with Crippen LogP contribution in [0.5, 0.6) is 0 Å². The zero-order chi connectivity index (χ0) is 13.5. The highest BCUT2D eigenvalue weighted by Gasteiger charge is 2.46. The zero-order valence-electron chi connectivity index (χ0n) is 9.28. The Kier molecular flexibility index (Phi) is 3.67. The number of carbonyl (C=O) groups is 2. The van der Waals surface area contributed by atoms with Crippen molar-refractivity contribution in [1.29, 1.82) is 0 Å². The highest BCUT2D eigenvalue weighted by atomic mass is 79.9. The monoisotopic (exact) mass is 391 g/mol. The maximum absolute atomic E-state index is 11.8. The van der Waals surface area contributed by atoms with E-state index in [0.717, 1.165) is 10.5 Å². The highest BCUT2D eigenvalue weighted by Crippen LogP contribution is 2.47. The Morgan fingerprint density at radius 1 is 1.28 bits per heavy atom. The lowest BCUT2D eigenvalue weighted by atomic mass is 10.1. The molecule has 0 aliphatic carbocycles. The van der Waals surface area contributed by atoms with Gasteiger partial charge in [0.2, 0.25) is 5.91 Å². The lowest BCUT2D eigenvalue weighted by molar-refractivity contribution is -0.139. The minimum absolute atomic E-state index is 0.339. The predicted octanol–water partition coefficient (Wildman–Crippen LogP) is 3.56. The molecule has 2 rings (SSSR count). The van der Waals surface area contributed by atoms with Crippen molar-refractivity contribution in [2.24, 2.45) is 0 Å². The molecule has 1 aliphatic rings. The van der Waals surface area contributed by atoms with Gasteiger partial charge in [-0.05, 0) is 49.6 Å². The maximum atomic E-state index is 11.8. The van der Waals surface area contributed by atoms with E-state index in [1.54, 1.807) is 24.3 Å². The fraction of sp³-hybridized carbons (Fsp3) is 0.167. The summed E-state index contributed by atoms with van der Waals surface area (Å²) in [6, 6.07) is 7.05. The Bertz CT molecular complexity index is 552. The first-order chi connectivity index (χ1) is 8.34. The molecule has 0 aromatic heterocycles. The van der Waals surface area contributed by atoms with Crippen LogP contribution in [-0.4, -0.2) is 20.1 Å². The van der Waals surface area contributed by atoms with Crippen molar-refractivity contribution in [3.05, 3.63) is 40.9 Å². The molecule has 0 bridgehead atoms. The van der Waals surface area contributed by atoms with E-state index in [1.807, 2.05) is 0 Å². The molecule has 2 amide bonds. The number of carbonyl (C=O) groups excluding carboxylic acids is 2. The van der Waals surface area contributed by atoms with Crippen LogP contribution >= 0.6 is 43.5 Å². The molecule has 6 heteroatoms. The van der Waals surface area contributed by atoms with Gasteiger partial charge in [-0.15, -0.1) is 0 Å². The van der Waals surface area contributed by atoms with Gasteiger partial charge in [-0.3, -0.25) is 9.59 Å². The van der Waals surface area contributed by atoms with Gasteiger partial charge in [0.1, 0.15) is 0 Å². The van der Waals surface area contributed by atoms with Gasteiger partial charge in [0.25, 0.3) is 5.91 Å². The van der Waals surface area contributed by atoms with Crippen LogP contribution in [0.25, 0.3) is 5.57 Å². The van der Waals surface area contributed by atoms with Crippen LogP contribution < -0.4 is 0 Å². The lowest BCUT2D eigenvalue weighted by Gasteiger charge is -2.28. The van der Waals surface area contributed by atoms with Gasteiger partial charge in [0, 0.05) is 23.6 Å². The van der Waals surface area contributed by atoms with Gasteiger partial charge >= 0.3 is 0 Å². The first-order valence-corrected chi connectivity index (χ1v) is 7.01. The third-order valence-corrected chi connectivity index (χ3v) is 4.38. The topological polar surface area (TPSA) is 37.4 Å². The summed E-state index contributed by atoms with van der Waals surface area (Å²) in [6.45, 7) is 1.34. The number of imide groups is 1. The highest BCUT2D eigenvalue weighted by molar-refractivity contribution is 9.25. The zero-order valence-corrected chi connectivity index (χ0v) is 13.2. The number of alkyl halides is 2. The molecule has 1 aromatic carbocycles. The first kappa shape index (κ1) is 13.8. The van der Waals surface area contributed by atoms with E-state index in [4.69, 9.17) is 11.6 Å². The van der Waals surface area contributed by atoms with E-state index in [9.17, 15) is 9.59 Å². The molecular formula is C12H8Br2ClNO2. The molecule has 0 saturated carbocycles. The fourth-order valence-electron chi connectivity index (χ4n) is 1.77. The van der Waals surface area contributed by atoms with Crippen molar-refractivity contribution in [2.75, 3.05) is 0 Å². The van der Waals surface area contributed by atoms with E-state index in [2.05, 4.69) is 31.9 Å². The normalized spacial score (nSPS) is 17.9. The van der Waals surface area contributed by atoms with Crippen LogP contribution in [0, 0.1) is 0 Å². The molecule has 0 saturated heterocycles. The number of amides is 2. The Labute approximate surface area is 126 Å². The largest absolute Gasteiger partial charge is 0.275 e. The molecular weight excluding hydrogens is 385 g/mol. The summed E-state index contributed by atoms with van der Waals surface area (Å²) in [5.41, 5.74) is 1.48. The number of nitrogens with zero attached hydrogens (tertiary/aromatic N) is 1. The Morgan fingerprint density at radius 3 is 2.28 bits per heavy atom. The molecule has 0 spiro atoms. The number of halogens is 3. The fourth-order valence-corrected chi connectivity index (χ4v) is 3.43.